The second-order valence-corrected chi connectivity index (χ2v) is 4.93. The van der Waals surface area contributed by atoms with E-state index in [1.54, 1.807) is 38.3 Å². The van der Waals surface area contributed by atoms with Crippen LogP contribution in [0.25, 0.3) is 0 Å². The van der Waals surface area contributed by atoms with Crippen LogP contribution in [-0.2, 0) is 9.53 Å². The van der Waals surface area contributed by atoms with Gasteiger partial charge >= 0.3 is 12.0 Å². The van der Waals surface area contributed by atoms with Gasteiger partial charge in [-0.15, -0.1) is 0 Å². The van der Waals surface area contributed by atoms with Crippen molar-refractivity contribution in [3.8, 4) is 11.5 Å². The maximum atomic E-state index is 11.8. The summed E-state index contributed by atoms with van der Waals surface area (Å²) in [6.45, 7) is 2.32. The van der Waals surface area contributed by atoms with E-state index in [-0.39, 0.29) is 30.6 Å². The maximum Gasteiger partial charge on any atom is 0.360 e. The summed E-state index contributed by atoms with van der Waals surface area (Å²) in [5.41, 5.74) is 0.0139. The predicted molar refractivity (Wildman–Crippen MR) is 88.8 cm³/mol. The Hall–Kier alpha value is -3.03. The summed E-state index contributed by atoms with van der Waals surface area (Å²) >= 11 is 0. The molecule has 25 heavy (non-hydrogen) atoms. The lowest BCUT2D eigenvalue weighted by Crippen LogP contribution is -2.13. The second kappa shape index (κ2) is 9.31. The normalized spacial score (nSPS) is 10.2. The highest BCUT2D eigenvalue weighted by Gasteiger charge is 2.14. The molecule has 0 spiro atoms. The molecular formula is C17H20N2O6. The predicted octanol–water partition coefficient (Wildman–Crippen LogP) is 2.66. The molecule has 1 N–H and O–H groups in total. The lowest BCUT2D eigenvalue weighted by atomic mass is 10.3. The standard InChI is InChI=1S/C17H20N2O6/c1-3-23-16(21)14-11-25-17(18-14)19-15(20)5-4-10-24-13-8-6-12(22-2)7-9-13/h6-9,11H,3-5,10H2,1-2H3,(H,18,19,20). The molecule has 0 fully saturated rings. The van der Waals surface area contributed by atoms with Gasteiger partial charge in [0.25, 0.3) is 0 Å². The first-order chi connectivity index (χ1) is 12.1. The summed E-state index contributed by atoms with van der Waals surface area (Å²) in [7, 11) is 1.60. The van der Waals surface area contributed by atoms with Crippen LogP contribution in [0.1, 0.15) is 30.3 Å². The van der Waals surface area contributed by atoms with Gasteiger partial charge in [0, 0.05) is 6.42 Å². The molecule has 0 aliphatic rings. The number of aromatic nitrogens is 1. The van der Waals surface area contributed by atoms with E-state index in [1.807, 2.05) is 0 Å². The number of carbonyl (C=O) groups excluding carboxylic acids is 2. The minimum absolute atomic E-state index is 0.0139. The Morgan fingerprint density at radius 3 is 2.60 bits per heavy atom. The van der Waals surface area contributed by atoms with Gasteiger partial charge in [0.1, 0.15) is 17.8 Å². The van der Waals surface area contributed by atoms with Crippen molar-refractivity contribution in [1.82, 2.24) is 4.98 Å². The number of hydrogen-bond donors (Lipinski definition) is 1. The fourth-order valence-electron chi connectivity index (χ4n) is 1.91. The van der Waals surface area contributed by atoms with Crippen LogP contribution in [0.4, 0.5) is 6.01 Å². The molecule has 0 atom stereocenters. The average Bonchev–Trinajstić information content (AvgIpc) is 3.08. The number of hydrogen-bond acceptors (Lipinski definition) is 7. The Morgan fingerprint density at radius 1 is 1.20 bits per heavy atom. The first-order valence-electron chi connectivity index (χ1n) is 7.81. The Balaban J connectivity index is 1.69. The third-order valence-corrected chi connectivity index (χ3v) is 3.11. The molecule has 1 aromatic heterocycles. The molecule has 0 radical (unpaired) electrons. The third kappa shape index (κ3) is 5.83. The molecule has 0 aliphatic carbocycles. The van der Waals surface area contributed by atoms with Crippen molar-refractivity contribution in [2.24, 2.45) is 0 Å². The molecule has 1 aromatic carbocycles. The van der Waals surface area contributed by atoms with E-state index in [0.29, 0.717) is 18.8 Å². The number of nitrogens with one attached hydrogen (secondary N) is 1. The van der Waals surface area contributed by atoms with Crippen LogP contribution in [0.15, 0.2) is 34.9 Å². The Morgan fingerprint density at radius 2 is 1.92 bits per heavy atom. The smallest absolute Gasteiger partial charge is 0.360 e. The van der Waals surface area contributed by atoms with Gasteiger partial charge in [-0.05, 0) is 37.6 Å². The highest BCUT2D eigenvalue weighted by atomic mass is 16.5. The van der Waals surface area contributed by atoms with Gasteiger partial charge in [-0.2, -0.15) is 4.98 Å². The molecule has 2 rings (SSSR count). The van der Waals surface area contributed by atoms with E-state index in [2.05, 4.69) is 10.3 Å². The molecule has 0 aliphatic heterocycles. The minimum Gasteiger partial charge on any atom is -0.497 e. The number of amides is 1. The van der Waals surface area contributed by atoms with Crippen LogP contribution in [0.2, 0.25) is 0 Å². The van der Waals surface area contributed by atoms with Crippen LogP contribution in [0, 0.1) is 0 Å². The van der Waals surface area contributed by atoms with Crippen molar-refractivity contribution in [1.29, 1.82) is 0 Å². The summed E-state index contributed by atoms with van der Waals surface area (Å²) in [5, 5.41) is 2.48. The van der Waals surface area contributed by atoms with Crippen LogP contribution in [0.5, 0.6) is 11.5 Å². The Labute approximate surface area is 145 Å². The fourth-order valence-corrected chi connectivity index (χ4v) is 1.91. The third-order valence-electron chi connectivity index (χ3n) is 3.11. The molecule has 8 heteroatoms. The second-order valence-electron chi connectivity index (χ2n) is 4.93. The molecule has 0 saturated carbocycles. The number of esters is 1. The van der Waals surface area contributed by atoms with Gasteiger partial charge in [-0.25, -0.2) is 4.79 Å². The van der Waals surface area contributed by atoms with E-state index >= 15 is 0 Å². The highest BCUT2D eigenvalue weighted by Crippen LogP contribution is 2.17. The number of carbonyl (C=O) groups is 2. The van der Waals surface area contributed by atoms with Crippen LogP contribution >= 0.6 is 0 Å². The molecule has 1 amide bonds. The molecule has 2 aromatic rings. The molecule has 0 unspecified atom stereocenters. The largest absolute Gasteiger partial charge is 0.497 e. The van der Waals surface area contributed by atoms with E-state index in [1.165, 1.54) is 0 Å². The summed E-state index contributed by atoms with van der Waals surface area (Å²) in [6, 6.07) is 7.15. The topological polar surface area (TPSA) is 99.9 Å². The monoisotopic (exact) mass is 348 g/mol. The van der Waals surface area contributed by atoms with E-state index < -0.39 is 5.97 Å². The summed E-state index contributed by atoms with van der Waals surface area (Å²) in [5.74, 6) is 0.572. The number of benzene rings is 1. The van der Waals surface area contributed by atoms with Gasteiger partial charge in [0.15, 0.2) is 5.69 Å². The summed E-state index contributed by atoms with van der Waals surface area (Å²) < 4.78 is 20.4. The maximum absolute atomic E-state index is 11.8. The number of methoxy groups -OCH3 is 1. The SMILES string of the molecule is CCOC(=O)c1coc(NC(=O)CCCOc2ccc(OC)cc2)n1. The number of nitrogens with zero attached hydrogens (tertiary/aromatic N) is 1. The van der Waals surface area contributed by atoms with Crippen molar-refractivity contribution in [2.45, 2.75) is 19.8 Å². The van der Waals surface area contributed by atoms with Gasteiger partial charge in [-0.1, -0.05) is 0 Å². The van der Waals surface area contributed by atoms with Crippen LogP contribution < -0.4 is 14.8 Å². The minimum atomic E-state index is -0.598. The molecule has 0 saturated heterocycles. The van der Waals surface area contributed by atoms with Crippen LogP contribution in [0.3, 0.4) is 0 Å². The van der Waals surface area contributed by atoms with Crippen molar-refractivity contribution < 1.29 is 28.2 Å². The van der Waals surface area contributed by atoms with Crippen molar-refractivity contribution >= 4 is 17.9 Å². The van der Waals surface area contributed by atoms with Crippen molar-refractivity contribution in [2.75, 3.05) is 25.6 Å². The molecule has 8 nitrogen and oxygen atoms in total. The fraction of sp³-hybridized carbons (Fsp3) is 0.353. The zero-order chi connectivity index (χ0) is 18.1. The number of ether oxygens (including phenoxy) is 3. The van der Waals surface area contributed by atoms with Crippen molar-refractivity contribution in [3.05, 3.63) is 36.2 Å². The van der Waals surface area contributed by atoms with Gasteiger partial charge in [-0.3, -0.25) is 10.1 Å². The van der Waals surface area contributed by atoms with Gasteiger partial charge in [0.2, 0.25) is 5.91 Å². The van der Waals surface area contributed by atoms with E-state index in [0.717, 1.165) is 12.0 Å². The highest BCUT2D eigenvalue weighted by molar-refractivity contribution is 5.90. The first-order valence-corrected chi connectivity index (χ1v) is 7.81. The number of anilines is 1. The zero-order valence-corrected chi connectivity index (χ0v) is 14.1. The van der Waals surface area contributed by atoms with E-state index in [9.17, 15) is 9.59 Å². The van der Waals surface area contributed by atoms with Gasteiger partial charge in [0.05, 0.1) is 20.3 Å². The molecule has 1 heterocycles. The first kappa shape index (κ1) is 18.3. The number of oxazole rings is 1. The van der Waals surface area contributed by atoms with E-state index in [4.69, 9.17) is 18.6 Å². The summed E-state index contributed by atoms with van der Waals surface area (Å²) in [4.78, 5) is 27.1. The summed E-state index contributed by atoms with van der Waals surface area (Å²) in [6.07, 6.45) is 1.89. The lowest BCUT2D eigenvalue weighted by Gasteiger charge is -2.06. The number of rotatable bonds is 9. The quantitative estimate of drug-likeness (QED) is 0.549. The Kier molecular flexibility index (Phi) is 6.82. The molecule has 134 valence electrons. The molecule has 0 bridgehead atoms. The lowest BCUT2D eigenvalue weighted by molar-refractivity contribution is -0.116. The van der Waals surface area contributed by atoms with Gasteiger partial charge < -0.3 is 18.6 Å². The van der Waals surface area contributed by atoms with Crippen LogP contribution in [-0.4, -0.2) is 37.2 Å². The average molecular weight is 348 g/mol. The Bertz CT molecular complexity index is 695. The van der Waals surface area contributed by atoms with Crippen molar-refractivity contribution in [3.63, 3.8) is 0 Å². The zero-order valence-electron chi connectivity index (χ0n) is 14.1. The molecular weight excluding hydrogens is 328 g/mol.